The molecule has 3 rings (SSSR count). The molecule has 0 spiro atoms. The molecule has 1 aromatic heterocycles. The third-order valence-corrected chi connectivity index (χ3v) is 4.04. The topological polar surface area (TPSA) is 38.9 Å². The summed E-state index contributed by atoms with van der Waals surface area (Å²) in [4.78, 5) is 4.66. The molecule has 0 radical (unpaired) electrons. The predicted molar refractivity (Wildman–Crippen MR) is 91.7 cm³/mol. The lowest BCUT2D eigenvalue weighted by Gasteiger charge is -2.19. The summed E-state index contributed by atoms with van der Waals surface area (Å²) in [6, 6.07) is 22.9. The molecule has 0 aliphatic carbocycles. The second-order valence-corrected chi connectivity index (χ2v) is 5.45. The summed E-state index contributed by atoms with van der Waals surface area (Å²) < 4.78 is 0. The van der Waals surface area contributed by atoms with E-state index >= 15 is 0 Å². The molecule has 1 unspecified atom stereocenters. The van der Waals surface area contributed by atoms with Crippen LogP contribution in [-0.2, 0) is 0 Å². The Morgan fingerprint density at radius 1 is 0.864 bits per heavy atom. The first-order chi connectivity index (χ1) is 10.8. The molecule has 1 heterocycles. The third kappa shape index (κ3) is 2.78. The Morgan fingerprint density at radius 2 is 1.55 bits per heavy atom. The van der Waals surface area contributed by atoms with Crippen molar-refractivity contribution in [1.29, 1.82) is 0 Å². The number of benzene rings is 2. The average molecular weight is 288 g/mol. The summed E-state index contributed by atoms with van der Waals surface area (Å²) in [5, 5.41) is 0. The van der Waals surface area contributed by atoms with E-state index in [1.807, 2.05) is 30.5 Å². The molecule has 0 bridgehead atoms. The van der Waals surface area contributed by atoms with Gasteiger partial charge in [-0.15, -0.1) is 0 Å². The number of aryl methyl sites for hydroxylation is 1. The Balaban J connectivity index is 2.14. The van der Waals surface area contributed by atoms with Crippen molar-refractivity contribution < 1.29 is 0 Å². The molecule has 2 aromatic carbocycles. The highest BCUT2D eigenvalue weighted by atomic mass is 14.7. The summed E-state index contributed by atoms with van der Waals surface area (Å²) in [6.07, 6.45) is 1.85. The number of pyridine rings is 1. The zero-order chi connectivity index (χ0) is 15.4. The number of rotatable bonds is 4. The summed E-state index contributed by atoms with van der Waals surface area (Å²) in [5.74, 6) is 0.108. The summed E-state index contributed by atoms with van der Waals surface area (Å²) >= 11 is 0. The molecule has 0 fully saturated rings. The van der Waals surface area contributed by atoms with Crippen LogP contribution in [0.3, 0.4) is 0 Å². The largest absolute Gasteiger partial charge is 0.329 e. The van der Waals surface area contributed by atoms with E-state index in [2.05, 4.69) is 54.4 Å². The molecule has 0 saturated carbocycles. The highest BCUT2D eigenvalue weighted by Gasteiger charge is 2.18. The molecular weight excluding hydrogens is 268 g/mol. The van der Waals surface area contributed by atoms with Gasteiger partial charge >= 0.3 is 0 Å². The van der Waals surface area contributed by atoms with E-state index in [4.69, 9.17) is 5.73 Å². The van der Waals surface area contributed by atoms with Crippen LogP contribution in [0.2, 0.25) is 0 Å². The van der Waals surface area contributed by atoms with Gasteiger partial charge in [0, 0.05) is 24.2 Å². The molecule has 0 amide bonds. The molecule has 110 valence electrons. The Kier molecular flexibility index (Phi) is 4.31. The lowest BCUT2D eigenvalue weighted by molar-refractivity contribution is 0.789. The minimum atomic E-state index is 0.108. The van der Waals surface area contributed by atoms with Gasteiger partial charge < -0.3 is 5.73 Å². The number of nitrogens with zero attached hydrogens (tertiary/aromatic N) is 1. The van der Waals surface area contributed by atoms with Crippen LogP contribution < -0.4 is 5.73 Å². The summed E-state index contributed by atoms with van der Waals surface area (Å²) in [5.41, 5.74) is 12.0. The van der Waals surface area contributed by atoms with Gasteiger partial charge in [0.1, 0.15) is 0 Å². The molecule has 2 heteroatoms. The van der Waals surface area contributed by atoms with E-state index in [1.54, 1.807) is 0 Å². The quantitative estimate of drug-likeness (QED) is 0.783. The minimum Gasteiger partial charge on any atom is -0.329 e. The smallest absolute Gasteiger partial charge is 0.0569 e. The lowest BCUT2D eigenvalue weighted by Crippen LogP contribution is -2.16. The van der Waals surface area contributed by atoms with Crippen LogP contribution in [0, 0.1) is 6.92 Å². The fourth-order valence-electron chi connectivity index (χ4n) is 2.89. The maximum atomic E-state index is 6.08. The number of nitrogens with two attached hydrogens (primary N) is 1. The van der Waals surface area contributed by atoms with Gasteiger partial charge in [-0.2, -0.15) is 0 Å². The number of hydrogen-bond acceptors (Lipinski definition) is 2. The summed E-state index contributed by atoms with van der Waals surface area (Å²) in [6.45, 7) is 2.67. The van der Waals surface area contributed by atoms with Crippen molar-refractivity contribution in [2.45, 2.75) is 12.8 Å². The van der Waals surface area contributed by atoms with E-state index in [1.165, 1.54) is 22.3 Å². The van der Waals surface area contributed by atoms with E-state index in [9.17, 15) is 0 Å². The van der Waals surface area contributed by atoms with Crippen molar-refractivity contribution >= 4 is 0 Å². The van der Waals surface area contributed by atoms with Crippen molar-refractivity contribution in [1.82, 2.24) is 4.98 Å². The van der Waals surface area contributed by atoms with Crippen LogP contribution >= 0.6 is 0 Å². The first kappa shape index (κ1) is 14.5. The molecule has 0 aliphatic rings. The van der Waals surface area contributed by atoms with Crippen molar-refractivity contribution in [3.05, 3.63) is 89.7 Å². The molecule has 3 aromatic rings. The van der Waals surface area contributed by atoms with Crippen LogP contribution in [-0.4, -0.2) is 11.5 Å². The van der Waals surface area contributed by atoms with Crippen LogP contribution in [0.1, 0.15) is 22.7 Å². The van der Waals surface area contributed by atoms with Crippen LogP contribution in [0.25, 0.3) is 11.1 Å². The number of aromatic nitrogens is 1. The van der Waals surface area contributed by atoms with Gasteiger partial charge in [-0.3, -0.25) is 4.98 Å². The lowest BCUT2D eigenvalue weighted by atomic mass is 9.89. The van der Waals surface area contributed by atoms with Crippen molar-refractivity contribution in [3.63, 3.8) is 0 Å². The van der Waals surface area contributed by atoms with Gasteiger partial charge in [0.25, 0.3) is 0 Å². The van der Waals surface area contributed by atoms with Gasteiger partial charge in [0.15, 0.2) is 0 Å². The monoisotopic (exact) mass is 288 g/mol. The van der Waals surface area contributed by atoms with Crippen LogP contribution in [0.4, 0.5) is 0 Å². The molecule has 0 aliphatic heterocycles. The normalized spacial score (nSPS) is 12.1. The average Bonchev–Trinajstić information content (AvgIpc) is 2.58. The second-order valence-electron chi connectivity index (χ2n) is 5.45. The molecule has 2 nitrogen and oxygen atoms in total. The fourth-order valence-corrected chi connectivity index (χ4v) is 2.89. The van der Waals surface area contributed by atoms with E-state index in [0.717, 1.165) is 5.69 Å². The minimum absolute atomic E-state index is 0.108. The Morgan fingerprint density at radius 3 is 2.27 bits per heavy atom. The maximum absolute atomic E-state index is 6.08. The maximum Gasteiger partial charge on any atom is 0.0569 e. The van der Waals surface area contributed by atoms with E-state index in [-0.39, 0.29) is 5.92 Å². The van der Waals surface area contributed by atoms with Gasteiger partial charge in [-0.25, -0.2) is 0 Å². The zero-order valence-electron chi connectivity index (χ0n) is 12.7. The Labute approximate surface area is 131 Å². The van der Waals surface area contributed by atoms with Crippen molar-refractivity contribution in [3.8, 4) is 11.1 Å². The first-order valence-corrected chi connectivity index (χ1v) is 7.57. The van der Waals surface area contributed by atoms with Gasteiger partial charge in [0.05, 0.1) is 5.69 Å². The SMILES string of the molecule is Cc1ccccc1-c1cccnc1C(CN)c1ccccc1. The third-order valence-electron chi connectivity index (χ3n) is 4.04. The van der Waals surface area contributed by atoms with Crippen molar-refractivity contribution in [2.24, 2.45) is 5.73 Å². The Bertz CT molecular complexity index is 750. The van der Waals surface area contributed by atoms with Crippen molar-refractivity contribution in [2.75, 3.05) is 6.54 Å². The molecule has 2 N–H and O–H groups in total. The van der Waals surface area contributed by atoms with Gasteiger partial charge in [-0.1, -0.05) is 60.7 Å². The zero-order valence-corrected chi connectivity index (χ0v) is 12.7. The molecular formula is C20H20N2. The predicted octanol–water partition coefficient (Wildman–Crippen LogP) is 4.15. The first-order valence-electron chi connectivity index (χ1n) is 7.57. The summed E-state index contributed by atoms with van der Waals surface area (Å²) in [7, 11) is 0. The van der Waals surface area contributed by atoms with Gasteiger partial charge in [-0.05, 0) is 29.7 Å². The van der Waals surface area contributed by atoms with E-state index in [0.29, 0.717) is 6.54 Å². The second kappa shape index (κ2) is 6.54. The van der Waals surface area contributed by atoms with E-state index < -0.39 is 0 Å². The molecule has 0 saturated heterocycles. The standard InChI is InChI=1S/C20H20N2/c1-15-8-5-6-11-17(15)18-12-7-13-22-20(18)19(14-21)16-9-3-2-4-10-16/h2-13,19H,14,21H2,1H3. The number of hydrogen-bond donors (Lipinski definition) is 1. The van der Waals surface area contributed by atoms with Crippen LogP contribution in [0.5, 0.6) is 0 Å². The highest BCUT2D eigenvalue weighted by molar-refractivity contribution is 5.70. The fraction of sp³-hybridized carbons (Fsp3) is 0.150. The van der Waals surface area contributed by atoms with Gasteiger partial charge in [0.2, 0.25) is 0 Å². The Hall–Kier alpha value is -2.45. The molecule has 1 atom stereocenters. The van der Waals surface area contributed by atoms with Crippen LogP contribution in [0.15, 0.2) is 72.9 Å². The highest BCUT2D eigenvalue weighted by Crippen LogP contribution is 2.32. The molecule has 22 heavy (non-hydrogen) atoms.